The lowest BCUT2D eigenvalue weighted by atomic mass is 9.77. The smallest absolute Gasteiger partial charge is 0.428 e. The highest BCUT2D eigenvalue weighted by Crippen LogP contribution is 2.40. The normalized spacial score (nSPS) is 18.4. The number of halogens is 7. The van der Waals surface area contributed by atoms with Gasteiger partial charge in [0, 0.05) is 11.6 Å². The molecule has 1 aliphatic carbocycles. The molecule has 0 atom stereocenters. The van der Waals surface area contributed by atoms with Gasteiger partial charge in [0.1, 0.15) is 22.9 Å². The largest absolute Gasteiger partial charge is 0.432 e. The predicted molar refractivity (Wildman–Crippen MR) is 122 cm³/mol. The van der Waals surface area contributed by atoms with Gasteiger partial charge in [-0.2, -0.15) is 8.78 Å². The summed E-state index contributed by atoms with van der Waals surface area (Å²) in [4.78, 5) is 0. The zero-order chi connectivity index (χ0) is 26.2. The first kappa shape index (κ1) is 26.0. The minimum atomic E-state index is -4.63. The van der Waals surface area contributed by atoms with Crippen LogP contribution in [0.25, 0.3) is 11.1 Å². The Morgan fingerprint density at radius 3 is 1.92 bits per heavy atom. The molecule has 0 heterocycles. The van der Waals surface area contributed by atoms with E-state index in [1.54, 1.807) is 12.1 Å². The maximum absolute atomic E-state index is 14.8. The second-order valence-corrected chi connectivity index (χ2v) is 9.29. The molecule has 36 heavy (non-hydrogen) atoms. The maximum atomic E-state index is 14.8. The fourth-order valence-electron chi connectivity index (χ4n) is 4.83. The van der Waals surface area contributed by atoms with Gasteiger partial charge in [-0.15, -0.1) is 0 Å². The first-order valence-electron chi connectivity index (χ1n) is 11.8. The first-order chi connectivity index (χ1) is 17.0. The van der Waals surface area contributed by atoms with E-state index in [0.717, 1.165) is 56.2 Å². The second-order valence-electron chi connectivity index (χ2n) is 9.29. The summed E-state index contributed by atoms with van der Waals surface area (Å²) in [5.41, 5.74) is -0.886. The maximum Gasteiger partial charge on any atom is 0.432 e. The molecule has 0 aliphatic heterocycles. The third-order valence-corrected chi connectivity index (χ3v) is 7.07. The summed E-state index contributed by atoms with van der Waals surface area (Å²) in [5.74, 6) is -8.50. The van der Waals surface area contributed by atoms with Crippen molar-refractivity contribution < 1.29 is 35.5 Å². The molecule has 3 aromatic rings. The summed E-state index contributed by atoms with van der Waals surface area (Å²) in [6.45, 7) is 3.06. The molecule has 0 aromatic heterocycles. The van der Waals surface area contributed by atoms with E-state index in [1.807, 2.05) is 12.1 Å². The molecule has 1 saturated carbocycles. The third kappa shape index (κ3) is 5.08. The Morgan fingerprint density at radius 2 is 1.36 bits per heavy atom. The zero-order valence-corrected chi connectivity index (χ0v) is 19.8. The fourth-order valence-corrected chi connectivity index (χ4v) is 4.83. The quantitative estimate of drug-likeness (QED) is 0.237. The van der Waals surface area contributed by atoms with Gasteiger partial charge in [0.2, 0.25) is 0 Å². The minimum Gasteiger partial charge on any atom is -0.428 e. The molecule has 0 bridgehead atoms. The summed E-state index contributed by atoms with van der Waals surface area (Å²) >= 11 is 0. The van der Waals surface area contributed by atoms with Crippen molar-refractivity contribution >= 4 is 0 Å². The van der Waals surface area contributed by atoms with E-state index in [2.05, 4.69) is 11.7 Å². The van der Waals surface area contributed by atoms with Crippen LogP contribution < -0.4 is 4.74 Å². The summed E-state index contributed by atoms with van der Waals surface area (Å²) in [7, 11) is 0. The molecule has 0 radical (unpaired) electrons. The molecule has 1 nitrogen and oxygen atoms in total. The SMILES string of the molecule is CCC1CCC(c2ccc(-c3cc(F)c(C(F)(F)Oc4cc(F)c(F)c(F)c4C)c(F)c3)cc2)CC1. The molecule has 3 aromatic carbocycles. The van der Waals surface area contributed by atoms with Crippen LogP contribution in [-0.2, 0) is 6.11 Å². The molecule has 4 rings (SSSR count). The number of benzene rings is 3. The number of rotatable bonds is 6. The van der Waals surface area contributed by atoms with Crippen LogP contribution in [0.2, 0.25) is 0 Å². The Hall–Kier alpha value is -3.03. The number of ether oxygens (including phenoxy) is 1. The van der Waals surface area contributed by atoms with E-state index in [0.29, 0.717) is 11.5 Å². The molecular weight excluding hydrogens is 485 g/mol. The van der Waals surface area contributed by atoms with Gasteiger partial charge in [-0.3, -0.25) is 0 Å². The topological polar surface area (TPSA) is 9.23 Å². The average Bonchev–Trinajstić information content (AvgIpc) is 2.85. The predicted octanol–water partition coefficient (Wildman–Crippen LogP) is 9.17. The van der Waals surface area contributed by atoms with Crippen molar-refractivity contribution in [3.05, 3.63) is 88.2 Å². The molecular formula is C28H25F7O. The standard InChI is InChI=1S/C28H25F7O/c1-3-16-4-6-17(7-5-16)18-8-10-19(11-9-18)20-12-21(29)25(22(30)13-20)28(34,35)36-24-14-23(31)27(33)26(32)15(24)2/h8-14,16-17H,3-7H2,1-2H3. The van der Waals surface area contributed by atoms with Crippen molar-refractivity contribution in [3.8, 4) is 16.9 Å². The van der Waals surface area contributed by atoms with Crippen LogP contribution in [0, 0.1) is 41.9 Å². The highest BCUT2D eigenvalue weighted by Gasteiger charge is 2.42. The summed E-state index contributed by atoms with van der Waals surface area (Å²) in [6.07, 6.45) is 1.01. The van der Waals surface area contributed by atoms with Crippen molar-refractivity contribution in [2.45, 2.75) is 58.0 Å². The van der Waals surface area contributed by atoms with Gasteiger partial charge in [0.05, 0.1) is 0 Å². The molecule has 1 aliphatic rings. The summed E-state index contributed by atoms with van der Waals surface area (Å²) in [5, 5.41) is 0. The number of alkyl halides is 2. The van der Waals surface area contributed by atoms with Gasteiger partial charge in [-0.05, 0) is 73.3 Å². The van der Waals surface area contributed by atoms with E-state index < -0.39 is 52.1 Å². The average molecular weight is 510 g/mol. The molecule has 0 amide bonds. The van der Waals surface area contributed by atoms with Crippen molar-refractivity contribution in [3.63, 3.8) is 0 Å². The Labute approximate surface area is 204 Å². The lowest BCUT2D eigenvalue weighted by molar-refractivity contribution is -0.190. The van der Waals surface area contributed by atoms with E-state index in [-0.39, 0.29) is 11.6 Å². The Balaban J connectivity index is 1.58. The van der Waals surface area contributed by atoms with E-state index >= 15 is 0 Å². The molecule has 0 saturated heterocycles. The lowest BCUT2D eigenvalue weighted by Gasteiger charge is -2.28. The fraction of sp³-hybridized carbons (Fsp3) is 0.357. The van der Waals surface area contributed by atoms with Crippen LogP contribution in [0.4, 0.5) is 30.7 Å². The van der Waals surface area contributed by atoms with Gasteiger partial charge in [-0.1, -0.05) is 37.6 Å². The number of hydrogen-bond donors (Lipinski definition) is 0. The third-order valence-electron chi connectivity index (χ3n) is 7.07. The van der Waals surface area contributed by atoms with Crippen LogP contribution in [-0.4, -0.2) is 0 Å². The van der Waals surface area contributed by atoms with Crippen molar-refractivity contribution in [1.82, 2.24) is 0 Å². The lowest BCUT2D eigenvalue weighted by Crippen LogP contribution is -2.26. The molecule has 8 heteroatoms. The molecule has 0 unspecified atom stereocenters. The van der Waals surface area contributed by atoms with Crippen molar-refractivity contribution in [1.29, 1.82) is 0 Å². The van der Waals surface area contributed by atoms with E-state index in [4.69, 9.17) is 0 Å². The van der Waals surface area contributed by atoms with Crippen LogP contribution in [0.1, 0.15) is 61.6 Å². The van der Waals surface area contributed by atoms with E-state index in [1.165, 1.54) is 6.42 Å². The van der Waals surface area contributed by atoms with Crippen molar-refractivity contribution in [2.75, 3.05) is 0 Å². The summed E-state index contributed by atoms with van der Waals surface area (Å²) < 4.78 is 104. The van der Waals surface area contributed by atoms with Gasteiger partial charge in [-0.25, -0.2) is 22.0 Å². The monoisotopic (exact) mass is 510 g/mol. The van der Waals surface area contributed by atoms with Gasteiger partial charge < -0.3 is 4.74 Å². The van der Waals surface area contributed by atoms with Crippen LogP contribution in [0.3, 0.4) is 0 Å². The Kier molecular flexibility index (Phi) is 7.34. The first-order valence-corrected chi connectivity index (χ1v) is 11.8. The van der Waals surface area contributed by atoms with Gasteiger partial charge >= 0.3 is 6.11 Å². The number of hydrogen-bond acceptors (Lipinski definition) is 1. The van der Waals surface area contributed by atoms with Gasteiger partial charge in [0.25, 0.3) is 0 Å². The second kappa shape index (κ2) is 10.1. The minimum absolute atomic E-state index is 0.0424. The van der Waals surface area contributed by atoms with Crippen LogP contribution in [0.5, 0.6) is 5.75 Å². The van der Waals surface area contributed by atoms with Crippen molar-refractivity contribution in [2.24, 2.45) is 5.92 Å². The molecule has 1 fully saturated rings. The molecule has 0 N–H and O–H groups in total. The molecule has 0 spiro atoms. The Bertz CT molecular complexity index is 1220. The summed E-state index contributed by atoms with van der Waals surface area (Å²) in [6, 6.07) is 8.84. The Morgan fingerprint density at radius 1 is 0.778 bits per heavy atom. The zero-order valence-electron chi connectivity index (χ0n) is 19.8. The highest BCUT2D eigenvalue weighted by molar-refractivity contribution is 5.64. The van der Waals surface area contributed by atoms with Crippen LogP contribution >= 0.6 is 0 Å². The van der Waals surface area contributed by atoms with Crippen LogP contribution in [0.15, 0.2) is 42.5 Å². The highest BCUT2D eigenvalue weighted by atomic mass is 19.3. The van der Waals surface area contributed by atoms with Gasteiger partial charge in [0.15, 0.2) is 17.5 Å². The molecule has 192 valence electrons. The van der Waals surface area contributed by atoms with E-state index in [9.17, 15) is 30.7 Å².